The van der Waals surface area contributed by atoms with Crippen molar-refractivity contribution < 1.29 is 9.53 Å². The van der Waals surface area contributed by atoms with E-state index in [4.69, 9.17) is 4.74 Å². The molecule has 2 aromatic rings. The lowest BCUT2D eigenvalue weighted by atomic mass is 10.2. The molecular formula is C19H21Br2NO2. The number of ether oxygens (including phenoxy) is 1. The Balaban J connectivity index is 1.76. The van der Waals surface area contributed by atoms with Gasteiger partial charge in [0.25, 0.3) is 0 Å². The molecule has 1 amide bonds. The Labute approximate surface area is 160 Å². The molecule has 0 aliphatic carbocycles. The molecule has 0 saturated carbocycles. The summed E-state index contributed by atoms with van der Waals surface area (Å²) in [6.45, 7) is 4.60. The predicted molar refractivity (Wildman–Crippen MR) is 106 cm³/mol. The van der Waals surface area contributed by atoms with Gasteiger partial charge in [-0.2, -0.15) is 0 Å². The zero-order valence-corrected chi connectivity index (χ0v) is 17.0. The van der Waals surface area contributed by atoms with Crippen LogP contribution in [0.2, 0.25) is 0 Å². The fraction of sp³-hybridized carbons (Fsp3) is 0.316. The zero-order chi connectivity index (χ0) is 17.5. The summed E-state index contributed by atoms with van der Waals surface area (Å²) in [4.78, 5) is 12.0. The molecule has 0 bridgehead atoms. The Morgan fingerprint density at radius 3 is 2.62 bits per heavy atom. The van der Waals surface area contributed by atoms with Crippen molar-refractivity contribution in [3.05, 3.63) is 56.5 Å². The molecule has 0 spiro atoms. The lowest BCUT2D eigenvalue weighted by Crippen LogP contribution is -2.13. The smallest absolute Gasteiger partial charge is 0.224 e. The predicted octanol–water partition coefficient (Wildman–Crippen LogP) is 5.88. The highest BCUT2D eigenvalue weighted by Crippen LogP contribution is 2.26. The third-order valence-corrected chi connectivity index (χ3v) is 4.79. The van der Waals surface area contributed by atoms with Crippen molar-refractivity contribution in [3.8, 4) is 5.75 Å². The molecule has 0 heterocycles. The van der Waals surface area contributed by atoms with Crippen LogP contribution >= 0.6 is 31.9 Å². The van der Waals surface area contributed by atoms with Crippen molar-refractivity contribution in [1.29, 1.82) is 0 Å². The van der Waals surface area contributed by atoms with E-state index in [1.165, 1.54) is 5.56 Å². The molecule has 0 atom stereocenters. The van der Waals surface area contributed by atoms with Crippen molar-refractivity contribution in [2.24, 2.45) is 0 Å². The molecule has 3 nitrogen and oxygen atoms in total. The normalized spacial score (nSPS) is 10.5. The average Bonchev–Trinajstić information content (AvgIpc) is 2.55. The second kappa shape index (κ2) is 9.23. The molecule has 5 heteroatoms. The Morgan fingerprint density at radius 2 is 1.96 bits per heavy atom. The van der Waals surface area contributed by atoms with Crippen LogP contribution in [0.15, 0.2) is 45.3 Å². The largest absolute Gasteiger partial charge is 0.492 e. The number of carbonyl (C=O) groups is 1. The first-order valence-corrected chi connectivity index (χ1v) is 9.55. The minimum Gasteiger partial charge on any atom is -0.492 e. The van der Waals surface area contributed by atoms with Crippen molar-refractivity contribution in [1.82, 2.24) is 0 Å². The average molecular weight is 455 g/mol. The molecule has 0 saturated heterocycles. The molecule has 24 heavy (non-hydrogen) atoms. The molecule has 1 N–H and O–H groups in total. The van der Waals surface area contributed by atoms with Gasteiger partial charge >= 0.3 is 0 Å². The summed E-state index contributed by atoms with van der Waals surface area (Å²) in [5.41, 5.74) is 3.15. The minimum atomic E-state index is 0.00409. The van der Waals surface area contributed by atoms with Gasteiger partial charge in [-0.3, -0.25) is 4.79 Å². The Bertz CT molecular complexity index is 717. The van der Waals surface area contributed by atoms with E-state index in [1.54, 1.807) is 0 Å². The number of rotatable bonds is 7. The molecule has 0 aliphatic rings. The summed E-state index contributed by atoms with van der Waals surface area (Å²) in [6, 6.07) is 11.9. The highest BCUT2D eigenvalue weighted by atomic mass is 79.9. The summed E-state index contributed by atoms with van der Waals surface area (Å²) in [5.74, 6) is 0.820. The summed E-state index contributed by atoms with van der Waals surface area (Å²) in [5, 5.41) is 2.94. The lowest BCUT2D eigenvalue weighted by molar-refractivity contribution is -0.116. The first-order chi connectivity index (χ1) is 11.5. The van der Waals surface area contributed by atoms with Crippen LogP contribution in [0.1, 0.15) is 30.9 Å². The standard InChI is InChI=1S/C19H21Br2NO2/c1-3-14-6-9-18(16(21)12-14)24-10-4-5-19(23)22-17-8-7-15(20)11-13(17)2/h6-9,11-12H,3-5,10H2,1-2H3,(H,22,23). The quantitative estimate of drug-likeness (QED) is 0.530. The van der Waals surface area contributed by atoms with Gasteiger partial charge in [0, 0.05) is 16.6 Å². The van der Waals surface area contributed by atoms with Gasteiger partial charge in [0.2, 0.25) is 5.91 Å². The van der Waals surface area contributed by atoms with E-state index in [0.717, 1.165) is 32.4 Å². The second-order valence-corrected chi connectivity index (χ2v) is 7.35. The van der Waals surface area contributed by atoms with Crippen LogP contribution < -0.4 is 10.1 Å². The summed E-state index contributed by atoms with van der Waals surface area (Å²) < 4.78 is 7.70. The number of carbonyl (C=O) groups excluding carboxylic acids is 1. The number of benzene rings is 2. The van der Waals surface area contributed by atoms with Crippen LogP contribution in [0.5, 0.6) is 5.75 Å². The van der Waals surface area contributed by atoms with Gasteiger partial charge in [-0.15, -0.1) is 0 Å². The van der Waals surface area contributed by atoms with E-state index in [-0.39, 0.29) is 5.91 Å². The van der Waals surface area contributed by atoms with Gasteiger partial charge in [0.05, 0.1) is 11.1 Å². The van der Waals surface area contributed by atoms with Crippen molar-refractivity contribution in [2.45, 2.75) is 33.1 Å². The van der Waals surface area contributed by atoms with Gasteiger partial charge in [-0.25, -0.2) is 0 Å². The number of halogens is 2. The van der Waals surface area contributed by atoms with E-state index in [9.17, 15) is 4.79 Å². The molecule has 2 aromatic carbocycles. The van der Waals surface area contributed by atoms with E-state index in [1.807, 2.05) is 31.2 Å². The maximum atomic E-state index is 12.0. The maximum absolute atomic E-state index is 12.0. The number of nitrogens with one attached hydrogen (secondary N) is 1. The van der Waals surface area contributed by atoms with Crippen LogP contribution in [0.25, 0.3) is 0 Å². The van der Waals surface area contributed by atoms with Crippen LogP contribution in [0, 0.1) is 6.92 Å². The van der Waals surface area contributed by atoms with Crippen LogP contribution in [-0.4, -0.2) is 12.5 Å². The molecule has 0 radical (unpaired) electrons. The van der Waals surface area contributed by atoms with Crippen molar-refractivity contribution in [2.75, 3.05) is 11.9 Å². The lowest BCUT2D eigenvalue weighted by Gasteiger charge is -2.10. The molecule has 2 rings (SSSR count). The van der Waals surface area contributed by atoms with Gasteiger partial charge in [-0.1, -0.05) is 28.9 Å². The van der Waals surface area contributed by atoms with E-state index < -0.39 is 0 Å². The van der Waals surface area contributed by atoms with Gasteiger partial charge in [0.1, 0.15) is 5.75 Å². The molecule has 0 unspecified atom stereocenters. The first-order valence-electron chi connectivity index (χ1n) is 7.97. The van der Waals surface area contributed by atoms with E-state index >= 15 is 0 Å². The highest BCUT2D eigenvalue weighted by Gasteiger charge is 2.06. The fourth-order valence-electron chi connectivity index (χ4n) is 2.28. The van der Waals surface area contributed by atoms with Gasteiger partial charge in [0.15, 0.2) is 0 Å². The van der Waals surface area contributed by atoms with Crippen LogP contribution in [-0.2, 0) is 11.2 Å². The fourth-order valence-corrected chi connectivity index (χ4v) is 3.29. The van der Waals surface area contributed by atoms with Crippen LogP contribution in [0.3, 0.4) is 0 Å². The number of amides is 1. The van der Waals surface area contributed by atoms with Gasteiger partial charge < -0.3 is 10.1 Å². The van der Waals surface area contributed by atoms with E-state index in [0.29, 0.717) is 19.4 Å². The highest BCUT2D eigenvalue weighted by molar-refractivity contribution is 9.10. The minimum absolute atomic E-state index is 0.00409. The molecule has 128 valence electrons. The van der Waals surface area contributed by atoms with E-state index in [2.05, 4.69) is 56.2 Å². The summed E-state index contributed by atoms with van der Waals surface area (Å²) in [6.07, 6.45) is 2.10. The third-order valence-electron chi connectivity index (χ3n) is 3.67. The molecule has 0 aliphatic heterocycles. The Morgan fingerprint density at radius 1 is 1.17 bits per heavy atom. The number of hydrogen-bond donors (Lipinski definition) is 1. The second-order valence-electron chi connectivity index (χ2n) is 5.58. The molecule has 0 aromatic heterocycles. The van der Waals surface area contributed by atoms with Gasteiger partial charge in [-0.05, 0) is 77.2 Å². The van der Waals surface area contributed by atoms with Crippen LogP contribution in [0.4, 0.5) is 5.69 Å². The third kappa shape index (κ3) is 5.64. The Kier molecular flexibility index (Phi) is 7.31. The summed E-state index contributed by atoms with van der Waals surface area (Å²) in [7, 11) is 0. The molecule has 0 fully saturated rings. The SMILES string of the molecule is CCc1ccc(OCCCC(=O)Nc2ccc(Br)cc2C)c(Br)c1. The Hall–Kier alpha value is -1.33. The number of hydrogen-bond acceptors (Lipinski definition) is 2. The number of anilines is 1. The maximum Gasteiger partial charge on any atom is 0.224 e. The first kappa shape index (κ1) is 19.0. The topological polar surface area (TPSA) is 38.3 Å². The summed E-state index contributed by atoms with van der Waals surface area (Å²) >= 11 is 6.94. The van der Waals surface area contributed by atoms with Crippen molar-refractivity contribution >= 4 is 43.5 Å². The zero-order valence-electron chi connectivity index (χ0n) is 13.9. The molecular weight excluding hydrogens is 434 g/mol. The number of aryl methyl sites for hydroxylation is 2. The van der Waals surface area contributed by atoms with Crippen molar-refractivity contribution in [3.63, 3.8) is 0 Å². The monoisotopic (exact) mass is 453 g/mol.